The number of rotatable bonds is 5. The molecule has 0 radical (unpaired) electrons. The second-order valence-electron chi connectivity index (χ2n) is 8.55. The van der Waals surface area contributed by atoms with Crippen molar-refractivity contribution in [1.29, 1.82) is 0 Å². The van der Waals surface area contributed by atoms with Crippen LogP contribution in [-0.4, -0.2) is 17.5 Å². The van der Waals surface area contributed by atoms with Crippen molar-refractivity contribution in [3.63, 3.8) is 0 Å². The highest BCUT2D eigenvalue weighted by molar-refractivity contribution is 6.10. The Morgan fingerprint density at radius 1 is 1.06 bits per heavy atom. The largest absolute Gasteiger partial charge is 0.490 e. The number of aryl methyl sites for hydroxylation is 3. The lowest BCUT2D eigenvalue weighted by atomic mass is 9.97. The molecular formula is C28H24N2O4. The molecule has 1 aliphatic heterocycles. The smallest absolute Gasteiger partial charge is 0.296 e. The van der Waals surface area contributed by atoms with Crippen molar-refractivity contribution in [2.24, 2.45) is 0 Å². The van der Waals surface area contributed by atoms with Crippen molar-refractivity contribution in [1.82, 2.24) is 4.98 Å². The third-order valence-corrected chi connectivity index (χ3v) is 6.19. The van der Waals surface area contributed by atoms with Crippen LogP contribution in [0.5, 0.6) is 5.75 Å². The maximum absolute atomic E-state index is 13.8. The summed E-state index contributed by atoms with van der Waals surface area (Å²) in [6.07, 6.45) is 3.37. The van der Waals surface area contributed by atoms with Crippen molar-refractivity contribution >= 4 is 22.7 Å². The fourth-order valence-corrected chi connectivity index (χ4v) is 4.28. The van der Waals surface area contributed by atoms with E-state index in [1.54, 1.807) is 18.3 Å². The van der Waals surface area contributed by atoms with Gasteiger partial charge < -0.3 is 9.15 Å². The zero-order chi connectivity index (χ0) is 24.0. The number of ether oxygens (including phenoxy) is 1. The van der Waals surface area contributed by atoms with Gasteiger partial charge >= 0.3 is 0 Å². The quantitative estimate of drug-likeness (QED) is 0.378. The van der Waals surface area contributed by atoms with Crippen LogP contribution in [0.1, 0.15) is 44.4 Å². The van der Waals surface area contributed by atoms with Crippen LogP contribution in [0.15, 0.2) is 76.6 Å². The molecule has 0 aliphatic carbocycles. The lowest BCUT2D eigenvalue weighted by Gasteiger charge is -2.24. The molecule has 1 aliphatic rings. The summed E-state index contributed by atoms with van der Waals surface area (Å²) in [4.78, 5) is 33.4. The Bertz CT molecular complexity index is 1480. The van der Waals surface area contributed by atoms with E-state index < -0.39 is 6.04 Å². The van der Waals surface area contributed by atoms with Crippen molar-refractivity contribution < 1.29 is 13.9 Å². The predicted molar refractivity (Wildman–Crippen MR) is 132 cm³/mol. The van der Waals surface area contributed by atoms with Gasteiger partial charge in [0, 0.05) is 6.20 Å². The number of carbonyl (C=O) groups excluding carboxylic acids is 1. The maximum Gasteiger partial charge on any atom is 0.296 e. The van der Waals surface area contributed by atoms with Crippen LogP contribution in [0.25, 0.3) is 11.0 Å². The van der Waals surface area contributed by atoms with Crippen molar-refractivity contribution in [2.75, 3.05) is 11.5 Å². The van der Waals surface area contributed by atoms with Gasteiger partial charge in [0.25, 0.3) is 5.91 Å². The van der Waals surface area contributed by atoms with Gasteiger partial charge in [0.15, 0.2) is 5.43 Å². The molecule has 0 fully saturated rings. The Morgan fingerprint density at radius 3 is 2.47 bits per heavy atom. The van der Waals surface area contributed by atoms with Crippen LogP contribution in [0, 0.1) is 20.8 Å². The molecule has 2 aromatic heterocycles. The summed E-state index contributed by atoms with van der Waals surface area (Å²) in [7, 11) is 0. The van der Waals surface area contributed by atoms with Gasteiger partial charge in [0.05, 0.1) is 17.0 Å². The van der Waals surface area contributed by atoms with E-state index in [4.69, 9.17) is 9.15 Å². The molecule has 0 spiro atoms. The van der Waals surface area contributed by atoms with Crippen molar-refractivity contribution in [3.8, 4) is 5.75 Å². The number of pyridine rings is 1. The average Bonchev–Trinajstić information content (AvgIpc) is 3.12. The van der Waals surface area contributed by atoms with Crippen LogP contribution in [0.3, 0.4) is 0 Å². The standard InChI is InChI=1S/C28H24N2O4/c1-5-12-33-20-9-7-19(8-10-20)25-24-26(31)21-13-17(3)18(4)14-22(21)34-27(24)28(32)30(25)23-11-6-16(2)15-29-23/h5-11,13-15,25H,1,12H2,2-4H3. The molecule has 6 heteroatoms. The molecule has 2 aromatic carbocycles. The first kappa shape index (κ1) is 21.6. The normalized spacial score (nSPS) is 15.0. The van der Waals surface area contributed by atoms with Gasteiger partial charge in [-0.3, -0.25) is 14.5 Å². The Balaban J connectivity index is 1.73. The highest BCUT2D eigenvalue weighted by atomic mass is 16.5. The van der Waals surface area contributed by atoms with E-state index >= 15 is 0 Å². The monoisotopic (exact) mass is 452 g/mol. The van der Waals surface area contributed by atoms with Gasteiger partial charge in [-0.15, -0.1) is 0 Å². The minimum absolute atomic E-state index is 0.0557. The summed E-state index contributed by atoms with van der Waals surface area (Å²) in [5.41, 5.74) is 4.23. The third-order valence-electron chi connectivity index (χ3n) is 6.19. The highest BCUT2D eigenvalue weighted by Gasteiger charge is 2.44. The number of hydrogen-bond acceptors (Lipinski definition) is 5. The zero-order valence-electron chi connectivity index (χ0n) is 19.3. The molecule has 5 rings (SSSR count). The van der Waals surface area contributed by atoms with Gasteiger partial charge in [-0.25, -0.2) is 4.98 Å². The van der Waals surface area contributed by atoms with E-state index in [1.165, 1.54) is 4.90 Å². The molecule has 3 heterocycles. The van der Waals surface area contributed by atoms with E-state index in [0.29, 0.717) is 34.7 Å². The maximum atomic E-state index is 13.8. The molecule has 1 amide bonds. The number of fused-ring (bicyclic) bond motifs is 2. The summed E-state index contributed by atoms with van der Waals surface area (Å²) in [5.74, 6) is 0.792. The number of anilines is 1. The Morgan fingerprint density at radius 2 is 1.79 bits per heavy atom. The van der Waals surface area contributed by atoms with Crippen LogP contribution in [-0.2, 0) is 0 Å². The molecule has 34 heavy (non-hydrogen) atoms. The molecule has 0 saturated heterocycles. The summed E-state index contributed by atoms with van der Waals surface area (Å²) in [6, 6.07) is 14.0. The van der Waals surface area contributed by atoms with Crippen LogP contribution < -0.4 is 15.1 Å². The van der Waals surface area contributed by atoms with Gasteiger partial charge in [-0.2, -0.15) is 0 Å². The minimum atomic E-state index is -0.673. The summed E-state index contributed by atoms with van der Waals surface area (Å²) < 4.78 is 11.7. The molecule has 170 valence electrons. The number of amides is 1. The lowest BCUT2D eigenvalue weighted by Crippen LogP contribution is -2.30. The first-order chi connectivity index (χ1) is 16.4. The minimum Gasteiger partial charge on any atom is -0.490 e. The number of benzene rings is 2. The molecule has 0 bridgehead atoms. The molecule has 0 N–H and O–H groups in total. The van der Waals surface area contributed by atoms with Gasteiger partial charge in [0.1, 0.15) is 23.8 Å². The van der Waals surface area contributed by atoms with Crippen LogP contribution >= 0.6 is 0 Å². The summed E-state index contributed by atoms with van der Waals surface area (Å²) in [6.45, 7) is 9.88. The van der Waals surface area contributed by atoms with Crippen molar-refractivity contribution in [2.45, 2.75) is 26.8 Å². The fourth-order valence-electron chi connectivity index (χ4n) is 4.28. The molecule has 0 saturated carbocycles. The molecular weight excluding hydrogens is 428 g/mol. The first-order valence-electron chi connectivity index (χ1n) is 11.1. The third kappa shape index (κ3) is 3.48. The van der Waals surface area contributed by atoms with Gasteiger partial charge in [0.2, 0.25) is 5.76 Å². The molecule has 1 unspecified atom stereocenters. The average molecular weight is 453 g/mol. The highest BCUT2D eigenvalue weighted by Crippen LogP contribution is 2.41. The molecule has 4 aromatic rings. The first-order valence-corrected chi connectivity index (χ1v) is 11.1. The Labute approximate surface area is 197 Å². The fraction of sp³-hybridized carbons (Fsp3) is 0.179. The Hall–Kier alpha value is -4.19. The van der Waals surface area contributed by atoms with E-state index in [1.807, 2.05) is 63.2 Å². The van der Waals surface area contributed by atoms with E-state index in [0.717, 1.165) is 22.3 Å². The molecule has 6 nitrogen and oxygen atoms in total. The lowest BCUT2D eigenvalue weighted by molar-refractivity contribution is 0.0970. The number of nitrogens with zero attached hydrogens (tertiary/aromatic N) is 2. The second-order valence-corrected chi connectivity index (χ2v) is 8.55. The number of aromatic nitrogens is 1. The zero-order valence-corrected chi connectivity index (χ0v) is 19.3. The van der Waals surface area contributed by atoms with Crippen molar-refractivity contribution in [3.05, 3.63) is 111 Å². The molecule has 1 atom stereocenters. The van der Waals surface area contributed by atoms with Crippen LogP contribution in [0.2, 0.25) is 0 Å². The van der Waals surface area contributed by atoms with Gasteiger partial charge in [-0.05, 0) is 73.4 Å². The van der Waals surface area contributed by atoms with E-state index in [9.17, 15) is 9.59 Å². The number of hydrogen-bond donors (Lipinski definition) is 0. The van der Waals surface area contributed by atoms with E-state index in [2.05, 4.69) is 11.6 Å². The van der Waals surface area contributed by atoms with Crippen LogP contribution in [0.4, 0.5) is 5.82 Å². The predicted octanol–water partition coefficient (Wildman–Crippen LogP) is 5.43. The summed E-state index contributed by atoms with van der Waals surface area (Å²) >= 11 is 0. The summed E-state index contributed by atoms with van der Waals surface area (Å²) in [5, 5.41) is 0.462. The second kappa shape index (κ2) is 8.30. The van der Waals surface area contributed by atoms with E-state index in [-0.39, 0.29) is 17.1 Å². The van der Waals surface area contributed by atoms with Gasteiger partial charge in [-0.1, -0.05) is 30.9 Å². The number of carbonyl (C=O) groups is 1. The Kier molecular flexibility index (Phi) is 5.28. The SMILES string of the molecule is C=CCOc1ccc(C2c3c(oc4cc(C)c(C)cc4c3=O)C(=O)N2c2ccc(C)cn2)cc1. The topological polar surface area (TPSA) is 72.6 Å².